The van der Waals surface area contributed by atoms with Gasteiger partial charge in [-0.15, -0.1) is 0 Å². The molecule has 0 N–H and O–H groups in total. The number of furan rings is 1. The molecule has 0 aliphatic rings. The van der Waals surface area contributed by atoms with E-state index in [0.717, 1.165) is 0 Å². The molecular formula is C12H9ClF2O3. The summed E-state index contributed by atoms with van der Waals surface area (Å²) in [6.45, 7) is 0. The van der Waals surface area contributed by atoms with Crippen molar-refractivity contribution in [3.05, 3.63) is 34.5 Å². The molecule has 0 aliphatic carbocycles. The number of alkyl halides is 2. The molecule has 0 aliphatic heterocycles. The first kappa shape index (κ1) is 12.8. The molecule has 0 amide bonds. The minimum absolute atomic E-state index is 0.104. The largest absolute Gasteiger partial charge is 0.465 e. The third kappa shape index (κ3) is 2.46. The number of benzene rings is 1. The summed E-state index contributed by atoms with van der Waals surface area (Å²) in [5.74, 6) is -0.520. The maximum Gasteiger partial charge on any atom is 0.341 e. The molecule has 0 spiro atoms. The van der Waals surface area contributed by atoms with Gasteiger partial charge in [0.05, 0.1) is 13.5 Å². The van der Waals surface area contributed by atoms with Crippen molar-refractivity contribution in [2.45, 2.75) is 12.8 Å². The lowest BCUT2D eigenvalue weighted by atomic mass is 10.1. The summed E-state index contributed by atoms with van der Waals surface area (Å²) in [4.78, 5) is 11.5. The van der Waals surface area contributed by atoms with Gasteiger partial charge in [0.15, 0.2) is 0 Å². The van der Waals surface area contributed by atoms with Crippen molar-refractivity contribution in [1.82, 2.24) is 0 Å². The SMILES string of the molecule is COC(=O)c1cc(Cl)cc2cc(CC(F)F)oc12. The van der Waals surface area contributed by atoms with Crippen LogP contribution in [0.25, 0.3) is 11.0 Å². The Morgan fingerprint density at radius 3 is 2.78 bits per heavy atom. The zero-order valence-corrected chi connectivity index (χ0v) is 10.1. The van der Waals surface area contributed by atoms with Gasteiger partial charge in [-0.25, -0.2) is 13.6 Å². The Morgan fingerprint density at radius 2 is 2.17 bits per heavy atom. The van der Waals surface area contributed by atoms with Crippen LogP contribution in [-0.2, 0) is 11.2 Å². The lowest BCUT2D eigenvalue weighted by Gasteiger charge is -2.00. The van der Waals surface area contributed by atoms with Gasteiger partial charge in [0.25, 0.3) is 0 Å². The van der Waals surface area contributed by atoms with Crippen molar-refractivity contribution in [3.8, 4) is 0 Å². The molecule has 1 aromatic heterocycles. The first-order valence-electron chi connectivity index (χ1n) is 5.09. The van der Waals surface area contributed by atoms with Crippen LogP contribution >= 0.6 is 11.6 Å². The molecule has 0 saturated carbocycles. The summed E-state index contributed by atoms with van der Waals surface area (Å²) in [6.07, 6.45) is -3.02. The van der Waals surface area contributed by atoms with Crippen LogP contribution in [-0.4, -0.2) is 19.5 Å². The highest BCUT2D eigenvalue weighted by atomic mass is 35.5. The van der Waals surface area contributed by atoms with Crippen molar-refractivity contribution >= 4 is 28.5 Å². The van der Waals surface area contributed by atoms with Crippen molar-refractivity contribution in [2.24, 2.45) is 0 Å². The van der Waals surface area contributed by atoms with Crippen LogP contribution in [0.5, 0.6) is 0 Å². The summed E-state index contributed by atoms with van der Waals surface area (Å²) in [5, 5.41) is 0.811. The predicted molar refractivity (Wildman–Crippen MR) is 62.3 cm³/mol. The Hall–Kier alpha value is -1.62. The van der Waals surface area contributed by atoms with Gasteiger partial charge in [-0.2, -0.15) is 0 Å². The molecule has 1 heterocycles. The number of hydrogen-bond acceptors (Lipinski definition) is 3. The summed E-state index contributed by atoms with van der Waals surface area (Å²) >= 11 is 5.84. The molecule has 0 saturated heterocycles. The zero-order chi connectivity index (χ0) is 13.3. The maximum atomic E-state index is 12.3. The minimum atomic E-state index is -2.51. The van der Waals surface area contributed by atoms with Crippen LogP contribution < -0.4 is 0 Å². The van der Waals surface area contributed by atoms with Crippen molar-refractivity contribution in [2.75, 3.05) is 7.11 Å². The summed E-state index contributed by atoms with van der Waals surface area (Å²) < 4.78 is 34.4. The van der Waals surface area contributed by atoms with Gasteiger partial charge in [0.1, 0.15) is 16.9 Å². The van der Waals surface area contributed by atoms with E-state index < -0.39 is 18.8 Å². The maximum absolute atomic E-state index is 12.3. The molecular weight excluding hydrogens is 266 g/mol. The highest BCUT2D eigenvalue weighted by Crippen LogP contribution is 2.28. The highest BCUT2D eigenvalue weighted by Gasteiger charge is 2.17. The van der Waals surface area contributed by atoms with Crippen molar-refractivity contribution in [1.29, 1.82) is 0 Å². The minimum Gasteiger partial charge on any atom is -0.465 e. The van der Waals surface area contributed by atoms with Gasteiger partial charge in [0, 0.05) is 10.4 Å². The monoisotopic (exact) mass is 274 g/mol. The zero-order valence-electron chi connectivity index (χ0n) is 9.38. The number of methoxy groups -OCH3 is 1. The molecule has 0 bridgehead atoms. The number of carbonyl (C=O) groups excluding carboxylic acids is 1. The van der Waals surface area contributed by atoms with Crippen LogP contribution in [0, 0.1) is 0 Å². The fraction of sp³-hybridized carbons (Fsp3) is 0.250. The Balaban J connectivity index is 2.56. The smallest absolute Gasteiger partial charge is 0.341 e. The van der Waals surface area contributed by atoms with E-state index in [1.54, 1.807) is 6.07 Å². The Morgan fingerprint density at radius 1 is 1.44 bits per heavy atom. The molecule has 0 atom stereocenters. The molecule has 3 nitrogen and oxygen atoms in total. The van der Waals surface area contributed by atoms with E-state index in [1.165, 1.54) is 19.2 Å². The van der Waals surface area contributed by atoms with E-state index in [-0.39, 0.29) is 16.9 Å². The summed E-state index contributed by atoms with van der Waals surface area (Å²) in [6, 6.07) is 4.37. The van der Waals surface area contributed by atoms with E-state index in [1.807, 2.05) is 0 Å². The molecule has 18 heavy (non-hydrogen) atoms. The van der Waals surface area contributed by atoms with E-state index in [9.17, 15) is 13.6 Å². The van der Waals surface area contributed by atoms with Crippen LogP contribution in [0.3, 0.4) is 0 Å². The van der Waals surface area contributed by atoms with E-state index in [0.29, 0.717) is 10.4 Å². The molecule has 0 radical (unpaired) electrons. The van der Waals surface area contributed by atoms with Gasteiger partial charge >= 0.3 is 5.97 Å². The topological polar surface area (TPSA) is 39.4 Å². The molecule has 1 aromatic carbocycles. The van der Waals surface area contributed by atoms with Gasteiger partial charge < -0.3 is 9.15 Å². The molecule has 2 aromatic rings. The summed E-state index contributed by atoms with van der Waals surface area (Å²) in [5.41, 5.74) is 0.336. The molecule has 2 rings (SSSR count). The lowest BCUT2D eigenvalue weighted by molar-refractivity contribution is 0.0601. The molecule has 0 fully saturated rings. The number of ether oxygens (including phenoxy) is 1. The van der Waals surface area contributed by atoms with Crippen LogP contribution in [0.4, 0.5) is 8.78 Å². The lowest BCUT2D eigenvalue weighted by Crippen LogP contribution is -2.01. The van der Waals surface area contributed by atoms with Crippen molar-refractivity contribution in [3.63, 3.8) is 0 Å². The Labute approximate surface area is 106 Å². The van der Waals surface area contributed by atoms with E-state index in [4.69, 9.17) is 16.0 Å². The highest BCUT2D eigenvalue weighted by molar-refractivity contribution is 6.32. The molecule has 0 unspecified atom stereocenters. The average Bonchev–Trinajstić information content (AvgIpc) is 2.67. The Bertz CT molecular complexity index is 592. The second-order valence-electron chi connectivity index (χ2n) is 3.67. The Kier molecular flexibility index (Phi) is 3.52. The van der Waals surface area contributed by atoms with E-state index >= 15 is 0 Å². The fourth-order valence-electron chi connectivity index (χ4n) is 1.68. The fourth-order valence-corrected chi connectivity index (χ4v) is 1.91. The number of hydrogen-bond donors (Lipinski definition) is 0. The number of carbonyl (C=O) groups is 1. The third-order valence-electron chi connectivity index (χ3n) is 2.39. The predicted octanol–water partition coefficient (Wildman–Crippen LogP) is 3.68. The number of rotatable bonds is 3. The van der Waals surface area contributed by atoms with Crippen LogP contribution in [0.1, 0.15) is 16.1 Å². The first-order valence-corrected chi connectivity index (χ1v) is 5.47. The number of fused-ring (bicyclic) bond motifs is 1. The second kappa shape index (κ2) is 4.94. The van der Waals surface area contributed by atoms with E-state index in [2.05, 4.69) is 4.74 Å². The normalized spacial score (nSPS) is 11.2. The molecule has 6 heteroatoms. The van der Waals surface area contributed by atoms with Crippen LogP contribution in [0.15, 0.2) is 22.6 Å². The van der Waals surface area contributed by atoms with Gasteiger partial charge in [-0.1, -0.05) is 11.6 Å². The van der Waals surface area contributed by atoms with Crippen LogP contribution in [0.2, 0.25) is 5.02 Å². The second-order valence-corrected chi connectivity index (χ2v) is 4.11. The van der Waals surface area contributed by atoms with Crippen molar-refractivity contribution < 1.29 is 22.7 Å². The van der Waals surface area contributed by atoms with Gasteiger partial charge in [-0.05, 0) is 18.2 Å². The number of esters is 1. The average molecular weight is 275 g/mol. The molecule has 96 valence electrons. The van der Waals surface area contributed by atoms with Gasteiger partial charge in [-0.3, -0.25) is 0 Å². The summed E-state index contributed by atoms with van der Waals surface area (Å²) in [7, 11) is 1.22. The van der Waals surface area contributed by atoms with Gasteiger partial charge in [0.2, 0.25) is 6.43 Å². The third-order valence-corrected chi connectivity index (χ3v) is 2.61. The quantitative estimate of drug-likeness (QED) is 0.802. The standard InChI is InChI=1S/C12H9ClF2O3/c1-17-12(16)9-4-7(13)2-6-3-8(5-10(14)15)18-11(6)9/h2-4,10H,5H2,1H3. The first-order chi connectivity index (χ1) is 8.51. The number of halogens is 3.